The summed E-state index contributed by atoms with van der Waals surface area (Å²) in [5.41, 5.74) is -0.177. The first-order valence-electron chi connectivity index (χ1n) is 6.41. The molecule has 7 heteroatoms. The van der Waals surface area contributed by atoms with Crippen LogP contribution in [-0.4, -0.2) is 36.3 Å². The maximum absolute atomic E-state index is 11.9. The predicted molar refractivity (Wildman–Crippen MR) is 78.4 cm³/mol. The number of aromatic nitrogens is 1. The standard InChI is InChI=1S/C13H18BClN2O3/c1-12(2)13(3,4)20-14(19-12)10-9(11(18)16-5)6-8(15)7-17-10/h6-7H,1-5H3,(H,16,18). The predicted octanol–water partition coefficient (Wildman–Crippen LogP) is 1.39. The number of hydrogen-bond acceptors (Lipinski definition) is 4. The molecule has 0 saturated carbocycles. The lowest BCUT2D eigenvalue weighted by atomic mass is 9.80. The van der Waals surface area contributed by atoms with E-state index in [2.05, 4.69) is 10.3 Å². The summed E-state index contributed by atoms with van der Waals surface area (Å²) in [6, 6.07) is 1.56. The molecule has 1 amide bonds. The average molecular weight is 297 g/mol. The molecule has 0 bridgehead atoms. The molecule has 2 heterocycles. The number of carbonyl (C=O) groups excluding carboxylic acids is 1. The van der Waals surface area contributed by atoms with Gasteiger partial charge < -0.3 is 14.6 Å². The molecule has 1 aromatic rings. The molecular weight excluding hydrogens is 278 g/mol. The summed E-state index contributed by atoms with van der Waals surface area (Å²) in [5, 5.41) is 2.96. The Morgan fingerprint density at radius 1 is 1.30 bits per heavy atom. The summed E-state index contributed by atoms with van der Waals surface area (Å²) in [5.74, 6) is -0.273. The minimum absolute atomic E-state index is 0.273. The van der Waals surface area contributed by atoms with E-state index in [1.54, 1.807) is 13.1 Å². The fourth-order valence-electron chi connectivity index (χ4n) is 1.91. The number of pyridine rings is 1. The van der Waals surface area contributed by atoms with E-state index in [0.717, 1.165) is 0 Å². The average Bonchev–Trinajstić information content (AvgIpc) is 2.57. The summed E-state index contributed by atoms with van der Waals surface area (Å²) < 4.78 is 11.8. The van der Waals surface area contributed by atoms with Gasteiger partial charge in [0.2, 0.25) is 0 Å². The van der Waals surface area contributed by atoms with Crippen LogP contribution in [0.5, 0.6) is 0 Å². The fourth-order valence-corrected chi connectivity index (χ4v) is 2.07. The Morgan fingerprint density at radius 2 is 1.85 bits per heavy atom. The lowest BCUT2D eigenvalue weighted by molar-refractivity contribution is 0.00578. The second kappa shape index (κ2) is 5.02. The van der Waals surface area contributed by atoms with E-state index in [1.165, 1.54) is 6.20 Å². The third kappa shape index (κ3) is 2.55. The summed E-state index contributed by atoms with van der Waals surface area (Å²) in [7, 11) is 0.863. The van der Waals surface area contributed by atoms with Crippen LogP contribution in [0.4, 0.5) is 0 Å². The highest BCUT2D eigenvalue weighted by Gasteiger charge is 2.53. The molecule has 108 valence electrons. The molecule has 0 unspecified atom stereocenters. The van der Waals surface area contributed by atoms with Gasteiger partial charge in [-0.2, -0.15) is 0 Å². The number of hydrogen-bond donors (Lipinski definition) is 1. The van der Waals surface area contributed by atoms with Crippen LogP contribution in [0.15, 0.2) is 12.3 Å². The fraction of sp³-hybridized carbons (Fsp3) is 0.538. The monoisotopic (exact) mass is 296 g/mol. The molecule has 0 atom stereocenters. The molecule has 1 aliphatic heterocycles. The molecule has 1 saturated heterocycles. The van der Waals surface area contributed by atoms with Gasteiger partial charge in [-0.3, -0.25) is 9.78 Å². The molecule has 0 spiro atoms. The lowest BCUT2D eigenvalue weighted by Gasteiger charge is -2.32. The van der Waals surface area contributed by atoms with Gasteiger partial charge in [-0.25, -0.2) is 0 Å². The first-order chi connectivity index (χ1) is 9.18. The summed E-state index contributed by atoms with van der Waals surface area (Å²) in [4.78, 5) is 16.2. The normalized spacial score (nSPS) is 20.0. The Balaban J connectivity index is 2.42. The van der Waals surface area contributed by atoms with Crippen molar-refractivity contribution in [2.45, 2.75) is 38.9 Å². The molecule has 1 aromatic heterocycles. The molecule has 2 rings (SSSR count). The zero-order chi connectivity index (χ0) is 15.1. The van der Waals surface area contributed by atoms with E-state index >= 15 is 0 Å². The molecule has 1 N–H and O–H groups in total. The largest absolute Gasteiger partial charge is 0.515 e. The van der Waals surface area contributed by atoms with Crippen molar-refractivity contribution in [1.29, 1.82) is 0 Å². The van der Waals surface area contributed by atoms with E-state index in [4.69, 9.17) is 20.9 Å². The maximum Gasteiger partial charge on any atom is 0.515 e. The quantitative estimate of drug-likeness (QED) is 0.838. The number of halogens is 1. The minimum Gasteiger partial charge on any atom is -0.398 e. The Labute approximate surface area is 124 Å². The van der Waals surface area contributed by atoms with Crippen molar-refractivity contribution < 1.29 is 14.1 Å². The van der Waals surface area contributed by atoms with Crippen molar-refractivity contribution in [3.63, 3.8) is 0 Å². The van der Waals surface area contributed by atoms with Crippen molar-refractivity contribution in [1.82, 2.24) is 10.3 Å². The van der Waals surface area contributed by atoms with Crippen molar-refractivity contribution in [2.75, 3.05) is 7.05 Å². The third-order valence-electron chi connectivity index (χ3n) is 3.83. The van der Waals surface area contributed by atoms with Crippen molar-refractivity contribution >= 4 is 30.2 Å². The Hall–Kier alpha value is -1.11. The smallest absolute Gasteiger partial charge is 0.398 e. The molecule has 1 fully saturated rings. The van der Waals surface area contributed by atoms with Gasteiger partial charge in [0.05, 0.1) is 27.4 Å². The van der Waals surface area contributed by atoms with Gasteiger partial charge in [0, 0.05) is 13.2 Å². The highest BCUT2D eigenvalue weighted by molar-refractivity contribution is 6.62. The van der Waals surface area contributed by atoms with Crippen LogP contribution in [-0.2, 0) is 9.31 Å². The molecular formula is C13H18BClN2O3. The van der Waals surface area contributed by atoms with Crippen LogP contribution in [0.1, 0.15) is 38.1 Å². The first kappa shape index (κ1) is 15.3. The highest BCUT2D eigenvalue weighted by Crippen LogP contribution is 2.36. The van der Waals surface area contributed by atoms with E-state index in [0.29, 0.717) is 16.2 Å². The zero-order valence-corrected chi connectivity index (χ0v) is 13.0. The van der Waals surface area contributed by atoms with Gasteiger partial charge in [-0.1, -0.05) is 11.6 Å². The number of nitrogens with one attached hydrogen (secondary N) is 1. The molecule has 0 aromatic carbocycles. The molecule has 1 aliphatic rings. The van der Waals surface area contributed by atoms with Crippen LogP contribution in [0.25, 0.3) is 0 Å². The van der Waals surface area contributed by atoms with E-state index < -0.39 is 18.3 Å². The van der Waals surface area contributed by atoms with Gasteiger partial charge in [0.1, 0.15) is 0 Å². The molecule has 5 nitrogen and oxygen atoms in total. The van der Waals surface area contributed by atoms with Crippen molar-refractivity contribution in [2.24, 2.45) is 0 Å². The van der Waals surface area contributed by atoms with Crippen molar-refractivity contribution in [3.8, 4) is 0 Å². The van der Waals surface area contributed by atoms with Crippen LogP contribution < -0.4 is 10.9 Å². The summed E-state index contributed by atoms with van der Waals surface area (Å²) in [6.45, 7) is 7.79. The van der Waals surface area contributed by atoms with E-state index in [1.807, 2.05) is 27.7 Å². The number of rotatable bonds is 2. The third-order valence-corrected chi connectivity index (χ3v) is 4.04. The molecule has 20 heavy (non-hydrogen) atoms. The Kier molecular flexibility index (Phi) is 3.84. The van der Waals surface area contributed by atoms with Crippen LogP contribution >= 0.6 is 11.6 Å². The van der Waals surface area contributed by atoms with Crippen LogP contribution in [0.3, 0.4) is 0 Å². The van der Waals surface area contributed by atoms with Gasteiger partial charge in [0.15, 0.2) is 0 Å². The van der Waals surface area contributed by atoms with E-state index in [-0.39, 0.29) is 5.91 Å². The summed E-state index contributed by atoms with van der Waals surface area (Å²) in [6.07, 6.45) is 1.48. The first-order valence-corrected chi connectivity index (χ1v) is 6.79. The van der Waals surface area contributed by atoms with E-state index in [9.17, 15) is 4.79 Å². The van der Waals surface area contributed by atoms with Gasteiger partial charge >= 0.3 is 7.12 Å². The number of amides is 1. The summed E-state index contributed by atoms with van der Waals surface area (Å²) >= 11 is 5.91. The Morgan fingerprint density at radius 3 is 2.35 bits per heavy atom. The Bertz CT molecular complexity index is 532. The SMILES string of the molecule is CNC(=O)c1cc(Cl)cnc1B1OC(C)(C)C(C)(C)O1. The number of nitrogens with zero attached hydrogens (tertiary/aromatic N) is 1. The second-order valence-electron chi connectivity index (χ2n) is 5.75. The topological polar surface area (TPSA) is 60.5 Å². The van der Waals surface area contributed by atoms with Gasteiger partial charge in [0.25, 0.3) is 5.91 Å². The van der Waals surface area contributed by atoms with Gasteiger partial charge in [-0.15, -0.1) is 0 Å². The second-order valence-corrected chi connectivity index (χ2v) is 6.19. The van der Waals surface area contributed by atoms with Crippen LogP contribution in [0, 0.1) is 0 Å². The lowest BCUT2D eigenvalue weighted by Crippen LogP contribution is -2.41. The highest BCUT2D eigenvalue weighted by atomic mass is 35.5. The van der Waals surface area contributed by atoms with Crippen LogP contribution in [0.2, 0.25) is 5.02 Å². The zero-order valence-electron chi connectivity index (χ0n) is 12.3. The number of carbonyl (C=O) groups is 1. The van der Waals surface area contributed by atoms with Crippen molar-refractivity contribution in [3.05, 3.63) is 22.8 Å². The molecule has 0 radical (unpaired) electrons. The van der Waals surface area contributed by atoms with Gasteiger partial charge in [-0.05, 0) is 33.8 Å². The molecule has 0 aliphatic carbocycles. The minimum atomic E-state index is -0.690. The maximum atomic E-state index is 11.9.